The summed E-state index contributed by atoms with van der Waals surface area (Å²) in [4.78, 5) is 10.4. The Kier molecular flexibility index (Phi) is 3.78. The van der Waals surface area contributed by atoms with E-state index in [0.717, 1.165) is 11.8 Å². The molecule has 0 heterocycles. The van der Waals surface area contributed by atoms with Gasteiger partial charge in [0.2, 0.25) is 6.43 Å². The minimum atomic E-state index is -2.45. The Hall–Kier alpha value is -0.320. The monoisotopic (exact) mass is 184 g/mol. The molecule has 1 N–H and O–H groups in total. The first-order valence-corrected chi connectivity index (χ1v) is 4.00. The predicted molar refractivity (Wildman–Crippen MR) is 40.2 cm³/mol. The Morgan fingerprint density at radius 2 is 2.09 bits per heavy atom. The summed E-state index contributed by atoms with van der Waals surface area (Å²) in [5, 5.41) is 8.49. The van der Waals surface area contributed by atoms with E-state index in [-0.39, 0.29) is 0 Å². The maximum absolute atomic E-state index is 11.6. The standard InChI is InChI=1S/C6H10F2O2S/c1-6(2,5(9)10)11-3-4(7)8/h4H,3H2,1-2H3,(H,9,10). The van der Waals surface area contributed by atoms with Crippen molar-refractivity contribution in [1.29, 1.82) is 0 Å². The van der Waals surface area contributed by atoms with Crippen molar-refractivity contribution in [2.24, 2.45) is 0 Å². The molecule has 0 saturated carbocycles. The maximum atomic E-state index is 11.6. The molecule has 0 saturated heterocycles. The lowest BCUT2D eigenvalue weighted by Gasteiger charge is -2.17. The van der Waals surface area contributed by atoms with Gasteiger partial charge in [-0.15, -0.1) is 11.8 Å². The summed E-state index contributed by atoms with van der Waals surface area (Å²) >= 11 is 0.745. The average Bonchev–Trinajstić information content (AvgIpc) is 1.84. The second kappa shape index (κ2) is 3.90. The Morgan fingerprint density at radius 1 is 1.64 bits per heavy atom. The molecule has 0 rings (SSSR count). The lowest BCUT2D eigenvalue weighted by atomic mass is 10.2. The van der Waals surface area contributed by atoms with Crippen LogP contribution in [0.1, 0.15) is 13.8 Å². The van der Waals surface area contributed by atoms with E-state index in [1.807, 2.05) is 0 Å². The van der Waals surface area contributed by atoms with E-state index in [9.17, 15) is 13.6 Å². The van der Waals surface area contributed by atoms with Crippen LogP contribution < -0.4 is 0 Å². The van der Waals surface area contributed by atoms with Crippen molar-refractivity contribution in [3.8, 4) is 0 Å². The molecule has 0 radical (unpaired) electrons. The summed E-state index contributed by atoms with van der Waals surface area (Å²) in [5.41, 5.74) is 0. The van der Waals surface area contributed by atoms with Gasteiger partial charge in [0, 0.05) is 0 Å². The minimum absolute atomic E-state index is 0.431. The molecule has 0 aromatic heterocycles. The number of hydrogen-bond donors (Lipinski definition) is 1. The molecule has 11 heavy (non-hydrogen) atoms. The van der Waals surface area contributed by atoms with E-state index in [0.29, 0.717) is 0 Å². The normalized spacial score (nSPS) is 12.1. The van der Waals surface area contributed by atoms with Gasteiger partial charge in [-0.1, -0.05) is 0 Å². The summed E-state index contributed by atoms with van der Waals surface area (Å²) in [6.07, 6.45) is -2.45. The number of carbonyl (C=O) groups is 1. The van der Waals surface area contributed by atoms with E-state index in [1.165, 1.54) is 13.8 Å². The third-order valence-corrected chi connectivity index (χ3v) is 2.40. The number of rotatable bonds is 4. The zero-order valence-corrected chi connectivity index (χ0v) is 7.12. The fraction of sp³-hybridized carbons (Fsp3) is 0.833. The van der Waals surface area contributed by atoms with Gasteiger partial charge in [-0.05, 0) is 13.8 Å². The molecule has 0 aromatic rings. The largest absolute Gasteiger partial charge is 0.480 e. The van der Waals surface area contributed by atoms with Crippen molar-refractivity contribution >= 4 is 17.7 Å². The number of hydrogen-bond acceptors (Lipinski definition) is 2. The Bertz CT molecular complexity index is 148. The van der Waals surface area contributed by atoms with Crippen LogP contribution in [0.3, 0.4) is 0 Å². The summed E-state index contributed by atoms with van der Waals surface area (Å²) < 4.78 is 22.1. The minimum Gasteiger partial charge on any atom is -0.480 e. The second-order valence-electron chi connectivity index (χ2n) is 2.52. The molecule has 0 unspecified atom stereocenters. The summed E-state index contributed by atoms with van der Waals surface area (Å²) in [6, 6.07) is 0. The molecule has 5 heteroatoms. The van der Waals surface area contributed by atoms with Crippen LogP contribution in [0.25, 0.3) is 0 Å². The topological polar surface area (TPSA) is 37.3 Å². The van der Waals surface area contributed by atoms with Gasteiger partial charge in [-0.25, -0.2) is 8.78 Å². The van der Waals surface area contributed by atoms with Crippen molar-refractivity contribution in [2.45, 2.75) is 25.0 Å². The quantitative estimate of drug-likeness (QED) is 0.724. The van der Waals surface area contributed by atoms with Gasteiger partial charge in [0.15, 0.2) is 0 Å². The van der Waals surface area contributed by atoms with Crippen molar-refractivity contribution in [1.82, 2.24) is 0 Å². The average molecular weight is 184 g/mol. The smallest absolute Gasteiger partial charge is 0.319 e. The molecule has 66 valence electrons. The van der Waals surface area contributed by atoms with Crippen LogP contribution in [-0.2, 0) is 4.79 Å². The molecular formula is C6H10F2O2S. The molecule has 2 nitrogen and oxygen atoms in total. The van der Waals surface area contributed by atoms with Crippen LogP contribution in [0.4, 0.5) is 8.78 Å². The van der Waals surface area contributed by atoms with E-state index >= 15 is 0 Å². The van der Waals surface area contributed by atoms with E-state index in [4.69, 9.17) is 5.11 Å². The first kappa shape index (κ1) is 10.7. The first-order valence-electron chi connectivity index (χ1n) is 3.02. The van der Waals surface area contributed by atoms with E-state index in [1.54, 1.807) is 0 Å². The summed E-state index contributed by atoms with van der Waals surface area (Å²) in [5.74, 6) is -1.50. The highest BCUT2D eigenvalue weighted by atomic mass is 32.2. The van der Waals surface area contributed by atoms with Crippen molar-refractivity contribution in [2.75, 3.05) is 5.75 Å². The third kappa shape index (κ3) is 4.19. The van der Waals surface area contributed by atoms with Crippen molar-refractivity contribution in [3.63, 3.8) is 0 Å². The molecule has 0 amide bonds. The van der Waals surface area contributed by atoms with Crippen molar-refractivity contribution in [3.05, 3.63) is 0 Å². The Labute approximate surface area is 68.0 Å². The molecule has 0 spiro atoms. The molecule has 0 aromatic carbocycles. The van der Waals surface area contributed by atoms with Crippen LogP contribution in [0.15, 0.2) is 0 Å². The van der Waals surface area contributed by atoms with Crippen molar-refractivity contribution < 1.29 is 18.7 Å². The molecule has 0 aliphatic heterocycles. The number of halogens is 2. The highest BCUT2D eigenvalue weighted by Crippen LogP contribution is 2.25. The lowest BCUT2D eigenvalue weighted by molar-refractivity contribution is -0.138. The molecule has 0 bridgehead atoms. The first-order chi connectivity index (χ1) is 4.86. The molecule has 0 aliphatic rings. The highest BCUT2D eigenvalue weighted by Gasteiger charge is 2.28. The summed E-state index contributed by atoms with van der Waals surface area (Å²) in [6.45, 7) is 2.81. The summed E-state index contributed by atoms with van der Waals surface area (Å²) in [7, 11) is 0. The Morgan fingerprint density at radius 3 is 2.36 bits per heavy atom. The van der Waals surface area contributed by atoms with Crippen LogP contribution in [0, 0.1) is 0 Å². The van der Waals surface area contributed by atoms with Crippen LogP contribution in [-0.4, -0.2) is 28.0 Å². The maximum Gasteiger partial charge on any atom is 0.319 e. The van der Waals surface area contributed by atoms with Gasteiger partial charge in [0.1, 0.15) is 4.75 Å². The molecule has 0 atom stereocenters. The lowest BCUT2D eigenvalue weighted by Crippen LogP contribution is -2.28. The number of aliphatic carboxylic acids is 1. The second-order valence-corrected chi connectivity index (χ2v) is 4.16. The zero-order valence-electron chi connectivity index (χ0n) is 6.30. The van der Waals surface area contributed by atoms with Gasteiger partial charge in [-0.3, -0.25) is 4.79 Å². The molecule has 0 aliphatic carbocycles. The van der Waals surface area contributed by atoms with Gasteiger partial charge < -0.3 is 5.11 Å². The van der Waals surface area contributed by atoms with E-state index in [2.05, 4.69) is 0 Å². The molecule has 0 fully saturated rings. The van der Waals surface area contributed by atoms with Gasteiger partial charge in [0.05, 0.1) is 5.75 Å². The fourth-order valence-electron chi connectivity index (χ4n) is 0.333. The van der Waals surface area contributed by atoms with Gasteiger partial charge in [-0.2, -0.15) is 0 Å². The molecular weight excluding hydrogens is 174 g/mol. The van der Waals surface area contributed by atoms with Crippen LogP contribution in [0.5, 0.6) is 0 Å². The number of thioether (sulfide) groups is 1. The fourth-order valence-corrected chi connectivity index (χ4v) is 0.999. The SMILES string of the molecule is CC(C)(SCC(F)F)C(=O)O. The van der Waals surface area contributed by atoms with Crippen LogP contribution in [0.2, 0.25) is 0 Å². The number of carboxylic acids is 1. The zero-order chi connectivity index (χ0) is 9.07. The van der Waals surface area contributed by atoms with E-state index < -0.39 is 22.9 Å². The Balaban J connectivity index is 3.83. The van der Waals surface area contributed by atoms with Gasteiger partial charge >= 0.3 is 5.97 Å². The third-order valence-electron chi connectivity index (χ3n) is 1.09. The highest BCUT2D eigenvalue weighted by molar-refractivity contribution is 8.01. The number of carboxylic acid groups (broad SMARTS) is 1. The number of alkyl halides is 2. The predicted octanol–water partition coefficient (Wildman–Crippen LogP) is 1.85. The van der Waals surface area contributed by atoms with Gasteiger partial charge in [0.25, 0.3) is 0 Å². The van der Waals surface area contributed by atoms with Crippen LogP contribution >= 0.6 is 11.8 Å².